The molecule has 0 radical (unpaired) electrons. The lowest BCUT2D eigenvalue weighted by molar-refractivity contribution is -0.138. The predicted octanol–water partition coefficient (Wildman–Crippen LogP) is 10.6. The number of aliphatic hydroxyl groups excluding tert-OH is 1. The number of β-amino-alcohol motifs (C(OH)–C–C–N with tert-alkyl or cyclic N) is 1. The van der Waals surface area contributed by atoms with Gasteiger partial charge in [-0.25, -0.2) is 0 Å². The van der Waals surface area contributed by atoms with Gasteiger partial charge >= 0.3 is 5.97 Å². The number of nitrogens with one attached hydrogen (secondary N) is 1. The van der Waals surface area contributed by atoms with Crippen LogP contribution in [0.1, 0.15) is 59.9 Å². The molecule has 5 heterocycles. The van der Waals surface area contributed by atoms with E-state index in [2.05, 4.69) is 147 Å². The van der Waals surface area contributed by atoms with Crippen molar-refractivity contribution in [1.29, 1.82) is 0 Å². The first kappa shape index (κ1) is 52.3. The van der Waals surface area contributed by atoms with Gasteiger partial charge in [-0.3, -0.25) is 4.79 Å². The number of fused-ring (bicyclic) bond motifs is 5. The number of esters is 1. The number of methoxy groups -OCH3 is 2. The Morgan fingerprint density at radius 1 is 0.571 bits per heavy atom. The highest BCUT2D eigenvalue weighted by Gasteiger charge is 2.20. The first-order chi connectivity index (χ1) is 34.5. The summed E-state index contributed by atoms with van der Waals surface area (Å²) in [5.74, 6) is 0.729. The zero-order chi connectivity index (χ0) is 49.2. The first-order valence-electron chi connectivity index (χ1n) is 24.9. The molecule has 0 bridgehead atoms. The Morgan fingerprint density at radius 3 is 1.51 bits per heavy atom. The van der Waals surface area contributed by atoms with Gasteiger partial charge in [0.15, 0.2) is 0 Å². The molecule has 5 aromatic rings. The van der Waals surface area contributed by atoms with Gasteiger partial charge < -0.3 is 39.5 Å². The number of hydrogen-bond acceptors (Lipinski definition) is 11. The molecule has 2 N–H and O–H groups in total. The second-order valence-corrected chi connectivity index (χ2v) is 17.6. The first-order valence-corrected chi connectivity index (χ1v) is 24.9. The van der Waals surface area contributed by atoms with Gasteiger partial charge in [0.05, 0.1) is 20.8 Å². The second kappa shape index (κ2) is 29.1. The normalized spacial score (nSPS) is 14.7. The number of rotatable bonds is 11. The van der Waals surface area contributed by atoms with Crippen LogP contribution in [0.2, 0.25) is 0 Å². The van der Waals surface area contributed by atoms with Crippen molar-refractivity contribution in [1.82, 2.24) is 0 Å². The summed E-state index contributed by atoms with van der Waals surface area (Å²) in [4.78, 5) is 25.7. The lowest BCUT2D eigenvalue weighted by Crippen LogP contribution is -2.34. The van der Waals surface area contributed by atoms with E-state index in [1.807, 2.05) is 18.2 Å². The number of azide groups is 2. The smallest absolute Gasteiger partial charge is 0.325 e. The molecule has 15 nitrogen and oxygen atoms in total. The van der Waals surface area contributed by atoms with Crippen LogP contribution in [0.4, 0.5) is 28.4 Å². The van der Waals surface area contributed by atoms with Crippen LogP contribution < -0.4 is 29.7 Å². The van der Waals surface area contributed by atoms with Crippen molar-refractivity contribution in [3.8, 4) is 5.75 Å². The Labute approximate surface area is 414 Å². The number of hydrogen-bond donors (Lipinski definition) is 2. The van der Waals surface area contributed by atoms with Crippen molar-refractivity contribution < 1.29 is 19.4 Å². The van der Waals surface area contributed by atoms with E-state index in [9.17, 15) is 4.79 Å². The van der Waals surface area contributed by atoms with Crippen molar-refractivity contribution >= 4 is 34.4 Å². The van der Waals surface area contributed by atoms with Gasteiger partial charge in [0.1, 0.15) is 12.3 Å². The number of carbonyl (C=O) groups is 1. The molecule has 370 valence electrons. The molecule has 0 aromatic heterocycles. The molecular formula is C55H71N11O4. The van der Waals surface area contributed by atoms with Crippen molar-refractivity contribution in [2.24, 2.45) is 10.2 Å². The molecule has 0 fully saturated rings. The number of aryl methyl sites for hydroxylation is 5. The number of para-hydroxylation sites is 4. The van der Waals surface area contributed by atoms with Gasteiger partial charge in [0.2, 0.25) is 0 Å². The molecule has 5 aliphatic rings. The average Bonchev–Trinajstić information content (AvgIpc) is 3.42. The summed E-state index contributed by atoms with van der Waals surface area (Å²) >= 11 is 0. The van der Waals surface area contributed by atoms with E-state index in [1.54, 1.807) is 7.11 Å². The highest BCUT2D eigenvalue weighted by Crippen LogP contribution is 2.31. The van der Waals surface area contributed by atoms with Crippen LogP contribution in [0.15, 0.2) is 125 Å². The Morgan fingerprint density at radius 2 is 1.01 bits per heavy atom. The maximum Gasteiger partial charge on any atom is 0.325 e. The lowest BCUT2D eigenvalue weighted by Gasteiger charge is -2.31. The number of nitrogens with zero attached hydrogens (tertiary/aromatic N) is 10. The van der Waals surface area contributed by atoms with Crippen LogP contribution in [0.25, 0.3) is 20.9 Å². The Bertz CT molecular complexity index is 2470. The Balaban J connectivity index is 0.000000145. The highest BCUT2D eigenvalue weighted by atomic mass is 16.5. The summed E-state index contributed by atoms with van der Waals surface area (Å²) in [5.41, 5.74) is 29.8. The number of aliphatic hydroxyl groups is 1. The third-order valence-electron chi connectivity index (χ3n) is 13.1. The molecule has 15 heteroatoms. The SMILES string of the molecule is COC(=O)CN1CCCc2ccccc21.COc1ccc2c(c1)CCCN2CCN=[N+]=[N-].OCCN1CCCc2ccccc21.[N-]=[N+]=NCCN1CCCc2ccccc21.c1ccc2c(c1)CCCN2. The summed E-state index contributed by atoms with van der Waals surface area (Å²) in [5, 5.41) is 19.4. The maximum atomic E-state index is 11.2. The lowest BCUT2D eigenvalue weighted by atomic mass is 10.0. The van der Waals surface area contributed by atoms with E-state index in [-0.39, 0.29) is 12.6 Å². The third-order valence-corrected chi connectivity index (χ3v) is 13.1. The molecule has 0 saturated heterocycles. The molecule has 0 spiro atoms. The quantitative estimate of drug-likeness (QED) is 0.0564. The van der Waals surface area contributed by atoms with Crippen molar-refractivity contribution in [2.75, 3.05) is 118 Å². The standard InChI is InChI=1S/C12H16N4O.C12H15NO2.C11H14N4.C11H15NO.C9H11N/c1-17-11-4-5-12-10(9-11)3-2-7-16(12)8-6-14-15-13;1-15-12(14)9-13-8-4-6-10-5-2-3-7-11(10)13;12-14-13-7-9-15-8-3-5-10-4-1-2-6-11(10)15;13-9-8-12-7-3-5-10-4-1-2-6-11(10)12;1-2-6-9-8(4-1)5-3-7-10-9/h4-5,9H,2-3,6-8H2,1H3;2-3,5,7H,4,6,8-9H2,1H3;1-2,4,6H,3,5,7-9H2;1-2,4,6,13H,3,5,7-9H2;1-2,4,6,10H,3,5,7H2. The molecule has 0 aliphatic carbocycles. The minimum absolute atomic E-state index is 0.174. The van der Waals surface area contributed by atoms with E-state index in [0.29, 0.717) is 19.6 Å². The molecule has 0 atom stereocenters. The third kappa shape index (κ3) is 15.7. The van der Waals surface area contributed by atoms with Crippen LogP contribution >= 0.6 is 0 Å². The average molecular weight is 950 g/mol. The number of ether oxygens (including phenoxy) is 2. The van der Waals surface area contributed by atoms with Crippen molar-refractivity contribution in [3.05, 3.63) is 164 Å². The fraction of sp³-hybridized carbons (Fsp3) is 0.436. The Hall–Kier alpha value is -7.05. The van der Waals surface area contributed by atoms with Gasteiger partial charge in [-0.2, -0.15) is 0 Å². The van der Waals surface area contributed by atoms with Crippen LogP contribution in [0.3, 0.4) is 0 Å². The molecule has 5 aromatic carbocycles. The second-order valence-electron chi connectivity index (χ2n) is 17.6. The van der Waals surface area contributed by atoms with Gasteiger partial charge in [-0.1, -0.05) is 83.0 Å². The van der Waals surface area contributed by atoms with Gasteiger partial charge in [0, 0.05) is 104 Å². The van der Waals surface area contributed by atoms with Gasteiger partial charge in [-0.05, 0) is 146 Å². The number of anilines is 5. The van der Waals surface area contributed by atoms with Gasteiger partial charge in [0.25, 0.3) is 0 Å². The summed E-state index contributed by atoms with van der Waals surface area (Å²) in [6, 6.07) is 39.9. The summed E-state index contributed by atoms with van der Waals surface area (Å²) < 4.78 is 9.92. The molecule has 0 amide bonds. The van der Waals surface area contributed by atoms with E-state index >= 15 is 0 Å². The van der Waals surface area contributed by atoms with E-state index < -0.39 is 0 Å². The van der Waals surface area contributed by atoms with Crippen LogP contribution in [-0.4, -0.2) is 104 Å². The molecule has 70 heavy (non-hydrogen) atoms. The van der Waals surface area contributed by atoms with E-state index in [0.717, 1.165) is 90.2 Å². The minimum Gasteiger partial charge on any atom is -0.497 e. The largest absolute Gasteiger partial charge is 0.497 e. The monoisotopic (exact) mass is 950 g/mol. The molecule has 5 aliphatic heterocycles. The van der Waals surface area contributed by atoms with Crippen LogP contribution in [0.5, 0.6) is 5.75 Å². The fourth-order valence-corrected chi connectivity index (χ4v) is 9.65. The topological polar surface area (TPSA) is 178 Å². The van der Waals surface area contributed by atoms with Crippen molar-refractivity contribution in [2.45, 2.75) is 64.2 Å². The highest BCUT2D eigenvalue weighted by molar-refractivity contribution is 5.76. The Kier molecular flexibility index (Phi) is 21.7. The van der Waals surface area contributed by atoms with E-state index in [4.69, 9.17) is 20.9 Å². The fourth-order valence-electron chi connectivity index (χ4n) is 9.65. The van der Waals surface area contributed by atoms with E-state index in [1.165, 1.54) is 95.5 Å². The zero-order valence-electron chi connectivity index (χ0n) is 41.2. The minimum atomic E-state index is -0.174. The molecule has 0 unspecified atom stereocenters. The van der Waals surface area contributed by atoms with Crippen LogP contribution in [0, 0.1) is 0 Å². The van der Waals surface area contributed by atoms with Gasteiger partial charge in [-0.15, -0.1) is 0 Å². The summed E-state index contributed by atoms with van der Waals surface area (Å²) in [6.07, 6.45) is 11.7. The molecule has 0 saturated carbocycles. The zero-order valence-corrected chi connectivity index (χ0v) is 41.2. The maximum absolute atomic E-state index is 11.2. The number of carbonyl (C=O) groups excluding carboxylic acids is 1. The molecular weight excluding hydrogens is 879 g/mol. The summed E-state index contributed by atoms with van der Waals surface area (Å²) in [7, 11) is 3.11. The number of benzene rings is 5. The predicted molar refractivity (Wildman–Crippen MR) is 285 cm³/mol. The molecule has 10 rings (SSSR count). The van der Waals surface area contributed by atoms with Crippen molar-refractivity contribution in [3.63, 3.8) is 0 Å². The van der Waals surface area contributed by atoms with Crippen LogP contribution in [-0.2, 0) is 41.6 Å². The summed E-state index contributed by atoms with van der Waals surface area (Å²) in [6.45, 7) is 9.27.